The van der Waals surface area contributed by atoms with Gasteiger partial charge in [-0.3, -0.25) is 0 Å². The Bertz CT molecular complexity index is 16.3. The summed E-state index contributed by atoms with van der Waals surface area (Å²) in [5, 5.41) is 0. The van der Waals surface area contributed by atoms with Gasteiger partial charge in [-0.25, -0.2) is 0 Å². The topological polar surface area (TPSA) is 0 Å². The van der Waals surface area contributed by atoms with E-state index in [-0.39, 0.29) is 29.1 Å². The molecule has 26 valence electrons. The average Bonchev–Trinajstić information content (AvgIpc) is 0.918. The summed E-state index contributed by atoms with van der Waals surface area (Å²) in [6, 6.07) is 0. The van der Waals surface area contributed by atoms with Crippen molar-refractivity contribution in [2.45, 2.75) is 0 Å². The van der Waals surface area contributed by atoms with Crippen molar-refractivity contribution in [3.63, 3.8) is 0 Å². The molecule has 4 heavy (non-hydrogen) atoms. The summed E-state index contributed by atoms with van der Waals surface area (Å²) in [6.45, 7) is 6.50. The number of hydrogen-bond acceptors (Lipinski definition) is 0. The third-order valence-corrected chi connectivity index (χ3v) is 0. The predicted octanol–water partition coefficient (Wildman–Crippen LogP) is 1.12. The van der Waals surface area contributed by atoms with Crippen LogP contribution >= 0.6 is 0 Å². The van der Waals surface area contributed by atoms with Gasteiger partial charge in [0.25, 0.3) is 0 Å². The first-order valence-electron chi connectivity index (χ1n) is 0.816. The molecule has 0 nitrogen and oxygen atoms in total. The van der Waals surface area contributed by atoms with Crippen LogP contribution in [0.4, 0.5) is 0 Å². The Hall–Kier alpha value is 0.623. The van der Waals surface area contributed by atoms with E-state index in [0.717, 1.165) is 0 Å². The molecule has 0 atom stereocenters. The summed E-state index contributed by atoms with van der Waals surface area (Å²) in [5.74, 6) is 0. The zero-order valence-electron chi connectivity index (χ0n) is 2.44. The van der Waals surface area contributed by atoms with E-state index in [1.807, 2.05) is 0 Å². The van der Waals surface area contributed by atoms with E-state index in [2.05, 4.69) is 13.5 Å². The summed E-state index contributed by atoms with van der Waals surface area (Å²) in [7, 11) is 0. The van der Waals surface area contributed by atoms with Gasteiger partial charge in [0.2, 0.25) is 0 Å². The summed E-state index contributed by atoms with van der Waals surface area (Å²) in [6.07, 6.45) is 1.50. The van der Waals surface area contributed by atoms with E-state index < -0.39 is 0 Å². The van der Waals surface area contributed by atoms with Crippen molar-refractivity contribution in [3.8, 4) is 0 Å². The Morgan fingerprint density at radius 2 is 1.75 bits per heavy atom. The fourth-order valence-electron chi connectivity index (χ4n) is 0. The number of hydrogen-bond donors (Lipinski definition) is 0. The Morgan fingerprint density at radius 3 is 1.75 bits per heavy atom. The maximum absolute atomic E-state index is 3.25. The molecule has 0 heterocycles. The van der Waals surface area contributed by atoms with Crippen LogP contribution in [0, 0.1) is 6.92 Å². The number of allylic oxidation sites excluding steroid dienone is 1. The Labute approximate surface area is 49.0 Å². The fourth-order valence-corrected chi connectivity index (χ4v) is 0. The van der Waals surface area contributed by atoms with Gasteiger partial charge in [0, 0.05) is 29.1 Å². The quantitative estimate of drug-likeness (QED) is 0.568. The molecule has 0 aliphatic carbocycles. The van der Waals surface area contributed by atoms with E-state index in [1.165, 1.54) is 6.08 Å². The molecular weight excluding hydrogens is 245 g/mol. The van der Waals surface area contributed by atoms with Crippen LogP contribution in [-0.2, 0) is 0 Å². The Morgan fingerprint density at radius 1 is 1.75 bits per heavy atom. The second kappa shape index (κ2) is 9.46. The molecule has 0 N–H and O–H groups in total. The van der Waals surface area contributed by atoms with Crippen LogP contribution in [0.2, 0.25) is 0 Å². The van der Waals surface area contributed by atoms with E-state index in [0.29, 0.717) is 0 Å². The molecule has 0 fully saturated rings. The van der Waals surface area contributed by atoms with Crippen molar-refractivity contribution < 1.29 is 2.85 Å². The molecule has 0 saturated heterocycles. The van der Waals surface area contributed by atoms with Crippen LogP contribution in [-0.4, -0.2) is 26.2 Å². The summed E-state index contributed by atoms with van der Waals surface area (Å²) in [4.78, 5) is 0. The molecule has 0 aliphatic rings. The largest absolute Gasteiger partial charge is 0.103 e. The molecule has 0 spiro atoms. The third kappa shape index (κ3) is 17.8. The molecule has 0 aromatic heterocycles. The van der Waals surface area contributed by atoms with Crippen molar-refractivity contribution in [3.05, 3.63) is 19.6 Å². The smallest absolute Gasteiger partial charge is 0 e. The maximum Gasteiger partial charge on any atom is 0 e. The SMILES string of the molecule is [Bi].[CH2]C=C.[HH].[HH]. The van der Waals surface area contributed by atoms with Gasteiger partial charge >= 0.3 is 0 Å². The molecule has 0 amide bonds. The minimum absolute atomic E-state index is 0. The molecule has 0 bridgehead atoms. The first-order valence-corrected chi connectivity index (χ1v) is 0.816. The van der Waals surface area contributed by atoms with Crippen LogP contribution in [0.25, 0.3) is 0 Å². The minimum atomic E-state index is 0. The summed E-state index contributed by atoms with van der Waals surface area (Å²) in [5.41, 5.74) is 0. The first-order chi connectivity index (χ1) is 1.41. The molecule has 1 heteroatoms. The van der Waals surface area contributed by atoms with E-state index in [1.54, 1.807) is 0 Å². The van der Waals surface area contributed by atoms with Gasteiger partial charge in [0.05, 0.1) is 0 Å². The molecular formula is C3H9Bi. The zero-order valence-corrected chi connectivity index (χ0v) is 5.92. The van der Waals surface area contributed by atoms with Crippen molar-refractivity contribution in [2.24, 2.45) is 0 Å². The summed E-state index contributed by atoms with van der Waals surface area (Å²) >= 11 is 0. The van der Waals surface area contributed by atoms with E-state index >= 15 is 0 Å². The van der Waals surface area contributed by atoms with Crippen molar-refractivity contribution in [1.29, 1.82) is 0 Å². The van der Waals surface area contributed by atoms with Crippen LogP contribution in [0.5, 0.6) is 0 Å². The molecule has 0 unspecified atom stereocenters. The van der Waals surface area contributed by atoms with Gasteiger partial charge in [-0.1, -0.05) is 6.08 Å². The minimum Gasteiger partial charge on any atom is -0.103 e. The molecule has 0 aromatic rings. The molecule has 0 saturated carbocycles. The van der Waals surface area contributed by atoms with Crippen molar-refractivity contribution >= 4 is 26.2 Å². The Balaban J connectivity index is -0.00000000667. The predicted molar refractivity (Wildman–Crippen MR) is 25.5 cm³/mol. The maximum atomic E-state index is 3.25. The van der Waals surface area contributed by atoms with Crippen LogP contribution in [0.3, 0.4) is 0 Å². The molecule has 0 aromatic carbocycles. The van der Waals surface area contributed by atoms with Crippen LogP contribution in [0.15, 0.2) is 12.7 Å². The van der Waals surface area contributed by atoms with E-state index in [4.69, 9.17) is 0 Å². The Kier molecular flexibility index (Phi) is 20.9. The van der Waals surface area contributed by atoms with Gasteiger partial charge in [-0.2, -0.15) is 0 Å². The second-order valence-electron chi connectivity index (χ2n) is 0.289. The van der Waals surface area contributed by atoms with Crippen LogP contribution in [0.1, 0.15) is 2.85 Å². The normalized spacial score (nSPS) is 3.25. The average molecular weight is 254 g/mol. The monoisotopic (exact) mass is 254 g/mol. The van der Waals surface area contributed by atoms with Gasteiger partial charge < -0.3 is 0 Å². The molecule has 0 rings (SSSR count). The second-order valence-corrected chi connectivity index (χ2v) is 0.289. The summed E-state index contributed by atoms with van der Waals surface area (Å²) < 4.78 is 0. The number of rotatable bonds is 0. The zero-order chi connectivity index (χ0) is 2.71. The molecule has 0 aliphatic heterocycles. The first kappa shape index (κ1) is 8.82. The van der Waals surface area contributed by atoms with Gasteiger partial charge in [-0.15, -0.1) is 6.58 Å². The standard InChI is InChI=1S/C3H5.Bi.2H2/c1-3-2;;;/h3H,1-2H2;;2*1H. The van der Waals surface area contributed by atoms with Crippen molar-refractivity contribution in [2.75, 3.05) is 0 Å². The van der Waals surface area contributed by atoms with Gasteiger partial charge in [-0.05, 0) is 6.92 Å². The molecule has 4 radical (unpaired) electrons. The fraction of sp³-hybridized carbons (Fsp3) is 0. The van der Waals surface area contributed by atoms with Gasteiger partial charge in [0.15, 0.2) is 0 Å². The van der Waals surface area contributed by atoms with Crippen molar-refractivity contribution in [1.82, 2.24) is 0 Å². The third-order valence-electron chi connectivity index (χ3n) is 0. The van der Waals surface area contributed by atoms with Gasteiger partial charge in [0.1, 0.15) is 0 Å². The van der Waals surface area contributed by atoms with Crippen LogP contribution < -0.4 is 0 Å². The van der Waals surface area contributed by atoms with E-state index in [9.17, 15) is 0 Å².